The van der Waals surface area contributed by atoms with Crippen molar-refractivity contribution in [3.05, 3.63) is 30.1 Å². The van der Waals surface area contributed by atoms with E-state index in [0.29, 0.717) is 0 Å². The predicted octanol–water partition coefficient (Wildman–Crippen LogP) is 3.43. The van der Waals surface area contributed by atoms with Gasteiger partial charge in [-0.2, -0.15) is 0 Å². The molecule has 0 radical (unpaired) electrons. The molecule has 1 fully saturated rings. The molecule has 2 heteroatoms. The molecular weight excluding hydrogens is 220 g/mol. The van der Waals surface area contributed by atoms with Crippen LogP contribution in [0.5, 0.6) is 0 Å². The Morgan fingerprint density at radius 2 is 1.83 bits per heavy atom. The maximum absolute atomic E-state index is 4.05. The molecular formula is C16H26N2. The monoisotopic (exact) mass is 246 g/mol. The molecule has 100 valence electrons. The second-order valence-corrected chi connectivity index (χ2v) is 5.92. The van der Waals surface area contributed by atoms with Crippen LogP contribution in [0, 0.1) is 11.8 Å². The summed E-state index contributed by atoms with van der Waals surface area (Å²) >= 11 is 0. The van der Waals surface area contributed by atoms with Crippen molar-refractivity contribution in [1.82, 2.24) is 10.3 Å². The van der Waals surface area contributed by atoms with Crippen molar-refractivity contribution in [1.29, 1.82) is 0 Å². The average molecular weight is 246 g/mol. The second-order valence-electron chi connectivity index (χ2n) is 5.92. The molecule has 0 bridgehead atoms. The fraction of sp³-hybridized carbons (Fsp3) is 0.688. The smallest absolute Gasteiger partial charge is 0.0270 e. The Morgan fingerprint density at radius 1 is 1.17 bits per heavy atom. The third-order valence-corrected chi connectivity index (χ3v) is 4.31. The SMILES string of the molecule is CC(C)C1CCC(NCCc2ccncc2)CC1. The van der Waals surface area contributed by atoms with E-state index in [1.54, 1.807) is 0 Å². The zero-order valence-corrected chi connectivity index (χ0v) is 11.7. The van der Waals surface area contributed by atoms with E-state index in [4.69, 9.17) is 0 Å². The van der Waals surface area contributed by atoms with Gasteiger partial charge in [0.15, 0.2) is 0 Å². The topological polar surface area (TPSA) is 24.9 Å². The van der Waals surface area contributed by atoms with Gasteiger partial charge in [0, 0.05) is 18.4 Å². The van der Waals surface area contributed by atoms with Gasteiger partial charge in [-0.25, -0.2) is 0 Å². The number of rotatable bonds is 5. The summed E-state index contributed by atoms with van der Waals surface area (Å²) in [5.41, 5.74) is 1.38. The third kappa shape index (κ3) is 4.09. The van der Waals surface area contributed by atoms with Crippen LogP contribution in [0.25, 0.3) is 0 Å². The minimum absolute atomic E-state index is 0.752. The van der Waals surface area contributed by atoms with Crippen LogP contribution in [0.2, 0.25) is 0 Å². The van der Waals surface area contributed by atoms with E-state index in [-0.39, 0.29) is 0 Å². The van der Waals surface area contributed by atoms with Gasteiger partial charge in [-0.3, -0.25) is 4.98 Å². The number of pyridine rings is 1. The molecule has 0 atom stereocenters. The fourth-order valence-electron chi connectivity index (χ4n) is 2.96. The summed E-state index contributed by atoms with van der Waals surface area (Å²) in [6.07, 6.45) is 10.4. The molecule has 0 aliphatic heterocycles. The maximum atomic E-state index is 4.05. The quantitative estimate of drug-likeness (QED) is 0.861. The summed E-state index contributed by atoms with van der Waals surface area (Å²) in [4.78, 5) is 4.05. The van der Waals surface area contributed by atoms with E-state index in [9.17, 15) is 0 Å². The highest BCUT2D eigenvalue weighted by Crippen LogP contribution is 2.29. The first-order chi connectivity index (χ1) is 8.75. The number of nitrogens with one attached hydrogen (secondary N) is 1. The summed E-state index contributed by atoms with van der Waals surface area (Å²) < 4.78 is 0. The third-order valence-electron chi connectivity index (χ3n) is 4.31. The lowest BCUT2D eigenvalue weighted by molar-refractivity contribution is 0.239. The summed E-state index contributed by atoms with van der Waals surface area (Å²) in [7, 11) is 0. The molecule has 1 aromatic heterocycles. The molecule has 1 saturated carbocycles. The zero-order valence-electron chi connectivity index (χ0n) is 11.7. The van der Waals surface area contributed by atoms with Crippen molar-refractivity contribution in [3.8, 4) is 0 Å². The van der Waals surface area contributed by atoms with Crippen LogP contribution >= 0.6 is 0 Å². The van der Waals surface area contributed by atoms with Gasteiger partial charge < -0.3 is 5.32 Å². The molecule has 2 nitrogen and oxygen atoms in total. The van der Waals surface area contributed by atoms with Gasteiger partial charge in [-0.1, -0.05) is 13.8 Å². The highest BCUT2D eigenvalue weighted by molar-refractivity contribution is 5.09. The molecule has 2 rings (SSSR count). The van der Waals surface area contributed by atoms with Gasteiger partial charge in [0.1, 0.15) is 0 Å². The van der Waals surface area contributed by atoms with Gasteiger partial charge in [-0.05, 0) is 68.2 Å². The van der Waals surface area contributed by atoms with Gasteiger partial charge in [0.2, 0.25) is 0 Å². The van der Waals surface area contributed by atoms with Crippen LogP contribution in [0.1, 0.15) is 45.1 Å². The Balaban J connectivity index is 1.64. The molecule has 1 N–H and O–H groups in total. The normalized spacial score (nSPS) is 24.4. The van der Waals surface area contributed by atoms with E-state index < -0.39 is 0 Å². The highest BCUT2D eigenvalue weighted by Gasteiger charge is 2.22. The van der Waals surface area contributed by atoms with Gasteiger partial charge in [0.25, 0.3) is 0 Å². The van der Waals surface area contributed by atoms with Crippen LogP contribution in [-0.2, 0) is 6.42 Å². The lowest BCUT2D eigenvalue weighted by Crippen LogP contribution is -2.35. The number of aromatic nitrogens is 1. The van der Waals surface area contributed by atoms with E-state index >= 15 is 0 Å². The van der Waals surface area contributed by atoms with Crippen molar-refractivity contribution in [2.24, 2.45) is 11.8 Å². The number of hydrogen-bond acceptors (Lipinski definition) is 2. The van der Waals surface area contributed by atoms with Gasteiger partial charge in [-0.15, -0.1) is 0 Å². The van der Waals surface area contributed by atoms with Crippen LogP contribution < -0.4 is 5.32 Å². The number of nitrogens with zero attached hydrogens (tertiary/aromatic N) is 1. The van der Waals surface area contributed by atoms with Crippen molar-refractivity contribution in [3.63, 3.8) is 0 Å². The molecule has 0 spiro atoms. The lowest BCUT2D eigenvalue weighted by atomic mass is 9.80. The molecule has 1 aliphatic rings. The summed E-state index contributed by atoms with van der Waals surface area (Å²) in [6, 6.07) is 4.97. The number of hydrogen-bond donors (Lipinski definition) is 1. The molecule has 0 aromatic carbocycles. The van der Waals surface area contributed by atoms with E-state index in [0.717, 1.165) is 30.8 Å². The minimum Gasteiger partial charge on any atom is -0.314 e. The van der Waals surface area contributed by atoms with Crippen LogP contribution in [0.4, 0.5) is 0 Å². The van der Waals surface area contributed by atoms with Crippen LogP contribution in [-0.4, -0.2) is 17.6 Å². The van der Waals surface area contributed by atoms with E-state index in [1.165, 1.54) is 31.2 Å². The predicted molar refractivity (Wildman–Crippen MR) is 76.5 cm³/mol. The maximum Gasteiger partial charge on any atom is 0.0270 e. The van der Waals surface area contributed by atoms with E-state index in [2.05, 4.69) is 36.3 Å². The first kappa shape index (κ1) is 13.5. The van der Waals surface area contributed by atoms with Crippen LogP contribution in [0.3, 0.4) is 0 Å². The molecule has 18 heavy (non-hydrogen) atoms. The van der Waals surface area contributed by atoms with Crippen molar-refractivity contribution >= 4 is 0 Å². The van der Waals surface area contributed by atoms with E-state index in [1.807, 2.05) is 12.4 Å². The Bertz CT molecular complexity index is 326. The Hall–Kier alpha value is -0.890. The Labute approximate surface area is 111 Å². The van der Waals surface area contributed by atoms with Crippen LogP contribution in [0.15, 0.2) is 24.5 Å². The highest BCUT2D eigenvalue weighted by atomic mass is 14.9. The average Bonchev–Trinajstić information content (AvgIpc) is 2.40. The van der Waals surface area contributed by atoms with Crippen molar-refractivity contribution < 1.29 is 0 Å². The summed E-state index contributed by atoms with van der Waals surface area (Å²) in [5.74, 6) is 1.83. The lowest BCUT2D eigenvalue weighted by Gasteiger charge is -2.31. The minimum atomic E-state index is 0.752. The fourth-order valence-corrected chi connectivity index (χ4v) is 2.96. The summed E-state index contributed by atoms with van der Waals surface area (Å²) in [6.45, 7) is 5.82. The zero-order chi connectivity index (χ0) is 12.8. The Kier molecular flexibility index (Phi) is 5.18. The molecule has 1 aromatic rings. The van der Waals surface area contributed by atoms with Gasteiger partial charge >= 0.3 is 0 Å². The molecule has 1 heterocycles. The molecule has 0 amide bonds. The largest absolute Gasteiger partial charge is 0.314 e. The van der Waals surface area contributed by atoms with Crippen molar-refractivity contribution in [2.45, 2.75) is 52.0 Å². The molecule has 0 saturated heterocycles. The standard InChI is InChI=1S/C16H26N2/c1-13(2)15-3-5-16(6-4-15)18-12-9-14-7-10-17-11-8-14/h7-8,10-11,13,15-16,18H,3-6,9,12H2,1-2H3. The summed E-state index contributed by atoms with van der Waals surface area (Å²) in [5, 5.41) is 3.71. The first-order valence-electron chi connectivity index (χ1n) is 7.38. The Morgan fingerprint density at radius 3 is 2.44 bits per heavy atom. The molecule has 1 aliphatic carbocycles. The van der Waals surface area contributed by atoms with Crippen molar-refractivity contribution in [2.75, 3.05) is 6.54 Å². The van der Waals surface area contributed by atoms with Gasteiger partial charge in [0.05, 0.1) is 0 Å². The first-order valence-corrected chi connectivity index (χ1v) is 7.38. The molecule has 0 unspecified atom stereocenters. The second kappa shape index (κ2) is 6.89.